The number of halogens is 1. The van der Waals surface area contributed by atoms with Crippen LogP contribution >= 0.6 is 22.9 Å². The van der Waals surface area contributed by atoms with Crippen LogP contribution < -0.4 is 0 Å². The molecule has 4 aromatic rings. The van der Waals surface area contributed by atoms with Crippen LogP contribution in [0.15, 0.2) is 60.7 Å². The molecule has 0 radical (unpaired) electrons. The van der Waals surface area contributed by atoms with Crippen molar-refractivity contribution in [3.05, 3.63) is 71.2 Å². The zero-order valence-electron chi connectivity index (χ0n) is 14.2. The molecule has 0 aliphatic heterocycles. The van der Waals surface area contributed by atoms with Crippen LogP contribution in [-0.2, 0) is 5.60 Å². The first kappa shape index (κ1) is 16.6. The average molecular weight is 367 g/mol. The van der Waals surface area contributed by atoms with E-state index in [0.29, 0.717) is 11.4 Å². The molecule has 1 atom stereocenters. The van der Waals surface area contributed by atoms with E-state index in [1.54, 1.807) is 11.3 Å². The lowest BCUT2D eigenvalue weighted by Crippen LogP contribution is -2.20. The van der Waals surface area contributed by atoms with Gasteiger partial charge in [-0.15, -0.1) is 11.3 Å². The van der Waals surface area contributed by atoms with Crippen LogP contribution in [0.2, 0.25) is 5.02 Å². The van der Waals surface area contributed by atoms with Crippen LogP contribution in [-0.4, -0.2) is 5.11 Å². The quantitative estimate of drug-likeness (QED) is 0.414. The SMILES string of the molecule is CC[C@](C)(O)c1ccc(Cl)cc1-c1cccc2c1sc1ccccc12. The summed E-state index contributed by atoms with van der Waals surface area (Å²) < 4.78 is 2.51. The molecule has 0 spiro atoms. The third-order valence-electron chi connectivity index (χ3n) is 4.94. The molecule has 0 bridgehead atoms. The fourth-order valence-corrected chi connectivity index (χ4v) is 4.76. The van der Waals surface area contributed by atoms with E-state index in [9.17, 15) is 5.11 Å². The van der Waals surface area contributed by atoms with Gasteiger partial charge in [-0.2, -0.15) is 0 Å². The molecule has 25 heavy (non-hydrogen) atoms. The summed E-state index contributed by atoms with van der Waals surface area (Å²) in [6.07, 6.45) is 0.643. The van der Waals surface area contributed by atoms with Crippen molar-refractivity contribution in [3.8, 4) is 11.1 Å². The van der Waals surface area contributed by atoms with Crippen LogP contribution in [0, 0.1) is 0 Å². The van der Waals surface area contributed by atoms with Crippen LogP contribution in [0.1, 0.15) is 25.8 Å². The molecule has 0 saturated carbocycles. The average Bonchev–Trinajstić information content (AvgIpc) is 3.00. The Balaban J connectivity index is 2.07. The molecule has 1 nitrogen and oxygen atoms in total. The van der Waals surface area contributed by atoms with Gasteiger partial charge in [-0.05, 0) is 48.2 Å². The Labute approximate surface area is 156 Å². The van der Waals surface area contributed by atoms with Gasteiger partial charge >= 0.3 is 0 Å². The summed E-state index contributed by atoms with van der Waals surface area (Å²) >= 11 is 8.10. The number of rotatable bonds is 3. The van der Waals surface area contributed by atoms with Gasteiger partial charge in [-0.1, -0.05) is 61.0 Å². The summed E-state index contributed by atoms with van der Waals surface area (Å²) in [6.45, 7) is 3.86. The smallest absolute Gasteiger partial charge is 0.0871 e. The maximum Gasteiger partial charge on any atom is 0.0871 e. The maximum absolute atomic E-state index is 10.9. The lowest BCUT2D eigenvalue weighted by Gasteiger charge is -2.25. The highest BCUT2D eigenvalue weighted by molar-refractivity contribution is 7.26. The lowest BCUT2D eigenvalue weighted by atomic mass is 9.86. The van der Waals surface area contributed by atoms with Gasteiger partial charge in [-0.3, -0.25) is 0 Å². The topological polar surface area (TPSA) is 20.2 Å². The van der Waals surface area contributed by atoms with E-state index in [1.165, 1.54) is 20.2 Å². The van der Waals surface area contributed by atoms with Crippen molar-refractivity contribution < 1.29 is 5.11 Å². The maximum atomic E-state index is 10.9. The summed E-state index contributed by atoms with van der Waals surface area (Å²) in [4.78, 5) is 0. The molecule has 0 aliphatic carbocycles. The number of hydrogen-bond donors (Lipinski definition) is 1. The number of thiophene rings is 1. The van der Waals surface area contributed by atoms with Crippen LogP contribution in [0.3, 0.4) is 0 Å². The third kappa shape index (κ3) is 2.75. The molecule has 0 unspecified atom stereocenters. The van der Waals surface area contributed by atoms with Crippen molar-refractivity contribution in [2.45, 2.75) is 25.9 Å². The fourth-order valence-electron chi connectivity index (χ4n) is 3.36. The molecule has 0 aliphatic rings. The minimum Gasteiger partial charge on any atom is -0.385 e. The molecular weight excluding hydrogens is 348 g/mol. The first-order valence-corrected chi connectivity index (χ1v) is 9.64. The molecule has 1 N–H and O–H groups in total. The summed E-state index contributed by atoms with van der Waals surface area (Å²) in [5.41, 5.74) is 2.17. The van der Waals surface area contributed by atoms with E-state index in [0.717, 1.165) is 16.7 Å². The molecule has 0 amide bonds. The highest BCUT2D eigenvalue weighted by Gasteiger charge is 2.25. The highest BCUT2D eigenvalue weighted by atomic mass is 35.5. The van der Waals surface area contributed by atoms with Gasteiger partial charge in [0.2, 0.25) is 0 Å². The number of aliphatic hydroxyl groups is 1. The summed E-state index contributed by atoms with van der Waals surface area (Å²) in [6, 6.07) is 20.6. The van der Waals surface area contributed by atoms with Crippen molar-refractivity contribution in [1.82, 2.24) is 0 Å². The van der Waals surface area contributed by atoms with Crippen LogP contribution in [0.4, 0.5) is 0 Å². The minimum atomic E-state index is -0.890. The molecular formula is C22H19ClOS. The van der Waals surface area contributed by atoms with Gasteiger partial charge in [0.25, 0.3) is 0 Å². The van der Waals surface area contributed by atoms with Crippen molar-refractivity contribution in [1.29, 1.82) is 0 Å². The number of hydrogen-bond acceptors (Lipinski definition) is 2. The third-order valence-corrected chi connectivity index (χ3v) is 6.40. The van der Waals surface area contributed by atoms with Crippen molar-refractivity contribution in [2.24, 2.45) is 0 Å². The van der Waals surface area contributed by atoms with E-state index in [4.69, 9.17) is 11.6 Å². The molecule has 0 saturated heterocycles. The normalized spacial score (nSPS) is 14.1. The standard InChI is InChI=1S/C22H19ClOS/c1-3-22(2,24)19-12-11-14(23)13-18(19)17-9-6-8-16-15-7-4-5-10-20(15)25-21(16)17/h4-13,24H,3H2,1-2H3/t22-/m0/s1. The Morgan fingerprint density at radius 1 is 0.960 bits per heavy atom. The second-order valence-electron chi connectivity index (χ2n) is 6.60. The Morgan fingerprint density at radius 2 is 1.72 bits per heavy atom. The first-order chi connectivity index (χ1) is 12.0. The summed E-state index contributed by atoms with van der Waals surface area (Å²) in [5, 5.41) is 14.1. The van der Waals surface area contributed by atoms with Crippen molar-refractivity contribution >= 4 is 43.1 Å². The van der Waals surface area contributed by atoms with Crippen molar-refractivity contribution in [2.75, 3.05) is 0 Å². The molecule has 1 heterocycles. The molecule has 126 valence electrons. The second-order valence-corrected chi connectivity index (χ2v) is 8.09. The Bertz CT molecular complexity index is 1080. The van der Waals surface area contributed by atoms with E-state index < -0.39 is 5.60 Å². The Kier molecular flexibility index (Phi) is 4.07. The molecule has 3 aromatic carbocycles. The minimum absolute atomic E-state index is 0.643. The van der Waals surface area contributed by atoms with Crippen molar-refractivity contribution in [3.63, 3.8) is 0 Å². The molecule has 1 aromatic heterocycles. The first-order valence-electron chi connectivity index (χ1n) is 8.44. The van der Waals surface area contributed by atoms with E-state index >= 15 is 0 Å². The predicted molar refractivity (Wildman–Crippen MR) is 110 cm³/mol. The zero-order chi connectivity index (χ0) is 17.6. The fraction of sp³-hybridized carbons (Fsp3) is 0.182. The van der Waals surface area contributed by atoms with Gasteiger partial charge in [0.15, 0.2) is 0 Å². The van der Waals surface area contributed by atoms with E-state index in [2.05, 4.69) is 42.5 Å². The summed E-state index contributed by atoms with van der Waals surface area (Å²) in [7, 11) is 0. The number of fused-ring (bicyclic) bond motifs is 3. The van der Waals surface area contributed by atoms with Gasteiger partial charge < -0.3 is 5.11 Å². The molecule has 0 fully saturated rings. The molecule has 4 rings (SSSR count). The Hall–Kier alpha value is -1.87. The summed E-state index contributed by atoms with van der Waals surface area (Å²) in [5.74, 6) is 0. The van der Waals surface area contributed by atoms with Gasteiger partial charge in [0.05, 0.1) is 5.60 Å². The van der Waals surface area contributed by atoms with Gasteiger partial charge in [0.1, 0.15) is 0 Å². The Morgan fingerprint density at radius 3 is 2.52 bits per heavy atom. The highest BCUT2D eigenvalue weighted by Crippen LogP contribution is 2.43. The largest absolute Gasteiger partial charge is 0.385 e. The monoisotopic (exact) mass is 366 g/mol. The second kappa shape index (κ2) is 6.14. The van der Waals surface area contributed by atoms with Crippen LogP contribution in [0.25, 0.3) is 31.3 Å². The predicted octanol–water partition coefficient (Wildman–Crippen LogP) is 6.99. The van der Waals surface area contributed by atoms with Crippen LogP contribution in [0.5, 0.6) is 0 Å². The van der Waals surface area contributed by atoms with E-state index in [1.807, 2.05) is 32.0 Å². The van der Waals surface area contributed by atoms with Gasteiger partial charge in [-0.25, -0.2) is 0 Å². The zero-order valence-corrected chi connectivity index (χ0v) is 15.8. The van der Waals surface area contributed by atoms with Gasteiger partial charge in [0, 0.05) is 25.2 Å². The lowest BCUT2D eigenvalue weighted by molar-refractivity contribution is 0.0537. The number of benzene rings is 3. The van der Waals surface area contributed by atoms with E-state index in [-0.39, 0.29) is 0 Å². The molecule has 3 heteroatoms.